The number of hydrogen-bond acceptors (Lipinski definition) is 6. The van der Waals surface area contributed by atoms with Gasteiger partial charge in [-0.2, -0.15) is 0 Å². The lowest BCUT2D eigenvalue weighted by atomic mass is 10.1. The van der Waals surface area contributed by atoms with Gasteiger partial charge in [0.05, 0.1) is 11.6 Å². The minimum atomic E-state index is -0.796. The van der Waals surface area contributed by atoms with E-state index in [1.54, 1.807) is 6.07 Å². The fourth-order valence-electron chi connectivity index (χ4n) is 4.85. The number of nitrogens with one attached hydrogen (secondary N) is 1. The summed E-state index contributed by atoms with van der Waals surface area (Å²) in [6.45, 7) is 3.37. The maximum atomic E-state index is 13.8. The highest BCUT2D eigenvalue weighted by Crippen LogP contribution is 2.33. The van der Waals surface area contributed by atoms with Crippen LogP contribution in [0.3, 0.4) is 0 Å². The van der Waals surface area contributed by atoms with Gasteiger partial charge in [0.25, 0.3) is 0 Å². The monoisotopic (exact) mass is 477 g/mol. The molecular formula is C27H28FN3O4. The molecule has 0 saturated carbocycles. The summed E-state index contributed by atoms with van der Waals surface area (Å²) in [5.41, 5.74) is 2.60. The number of aromatic hydroxyl groups is 1. The van der Waals surface area contributed by atoms with Crippen LogP contribution in [0.25, 0.3) is 21.8 Å². The zero-order valence-electron chi connectivity index (χ0n) is 19.4. The van der Waals surface area contributed by atoms with Gasteiger partial charge in [-0.05, 0) is 37.3 Å². The largest absolute Gasteiger partial charge is 0.505 e. The van der Waals surface area contributed by atoms with Gasteiger partial charge in [0.1, 0.15) is 24.2 Å². The van der Waals surface area contributed by atoms with Crippen molar-refractivity contribution in [2.24, 2.45) is 0 Å². The summed E-state index contributed by atoms with van der Waals surface area (Å²) >= 11 is 0. The fraction of sp³-hybridized carbons (Fsp3) is 0.296. The van der Waals surface area contributed by atoms with Crippen LogP contribution in [-0.2, 0) is 4.79 Å². The molecule has 7 nitrogen and oxygen atoms in total. The van der Waals surface area contributed by atoms with Gasteiger partial charge in [0.15, 0.2) is 11.6 Å². The number of piperazine rings is 1. The maximum Gasteiger partial charge on any atom is 0.166 e. The van der Waals surface area contributed by atoms with Crippen LogP contribution in [0.5, 0.6) is 11.5 Å². The number of carbonyl (C=O) groups excluding carboxylic acids is 1. The number of halogens is 1. The molecule has 1 aromatic heterocycles. The Hall–Kier alpha value is -3.62. The Morgan fingerprint density at radius 1 is 1.14 bits per heavy atom. The van der Waals surface area contributed by atoms with Crippen LogP contribution in [-0.4, -0.2) is 70.8 Å². The van der Waals surface area contributed by atoms with Crippen molar-refractivity contribution in [3.05, 3.63) is 66.5 Å². The quantitative estimate of drug-likeness (QED) is 0.376. The normalized spacial score (nSPS) is 17.7. The molecule has 3 aromatic carbocycles. The van der Waals surface area contributed by atoms with E-state index >= 15 is 0 Å². The zero-order valence-corrected chi connectivity index (χ0v) is 19.4. The third-order valence-corrected chi connectivity index (χ3v) is 6.63. The molecule has 2 unspecified atom stereocenters. The van der Waals surface area contributed by atoms with E-state index < -0.39 is 23.7 Å². The fourth-order valence-corrected chi connectivity index (χ4v) is 4.85. The highest BCUT2D eigenvalue weighted by atomic mass is 19.1. The average Bonchev–Trinajstić information content (AvgIpc) is 3.24. The number of aromatic nitrogens is 1. The Balaban J connectivity index is 1.25. The number of ketones is 1. The lowest BCUT2D eigenvalue weighted by molar-refractivity contribution is -0.123. The molecule has 2 atom stereocenters. The number of nitrogens with zero attached hydrogens (tertiary/aromatic N) is 2. The standard InChI is InChI=1S/C27H28FN3O4/c1-17(32)24-15-30(18-9-10-25(34)21(28)13-18)11-12-31(24)14-19(33)16-35-26-8-4-7-23-27(26)20-5-2-3-6-22(20)29-23/h2-10,13,19,24,29,33-34H,11-12,14-16H2,1H3. The van der Waals surface area contributed by atoms with Crippen molar-refractivity contribution < 1.29 is 24.1 Å². The summed E-state index contributed by atoms with van der Waals surface area (Å²) in [5, 5.41) is 22.3. The van der Waals surface area contributed by atoms with Crippen LogP contribution < -0.4 is 9.64 Å². The Kier molecular flexibility index (Phi) is 6.32. The number of phenols is 1. The van der Waals surface area contributed by atoms with Crippen molar-refractivity contribution in [2.45, 2.75) is 19.1 Å². The minimum Gasteiger partial charge on any atom is -0.505 e. The van der Waals surface area contributed by atoms with Crippen molar-refractivity contribution in [3.63, 3.8) is 0 Å². The highest BCUT2D eigenvalue weighted by molar-refractivity contribution is 6.10. The number of aliphatic hydroxyl groups excluding tert-OH is 1. The van der Waals surface area contributed by atoms with Crippen LogP contribution >= 0.6 is 0 Å². The number of H-pyrrole nitrogens is 1. The Morgan fingerprint density at radius 3 is 2.74 bits per heavy atom. The van der Waals surface area contributed by atoms with Crippen molar-refractivity contribution in [3.8, 4) is 11.5 Å². The molecular weight excluding hydrogens is 449 g/mol. The molecule has 182 valence electrons. The number of hydrogen-bond donors (Lipinski definition) is 3. The van der Waals surface area contributed by atoms with E-state index in [0.717, 1.165) is 21.8 Å². The second-order valence-electron chi connectivity index (χ2n) is 9.02. The molecule has 2 heterocycles. The first-order valence-corrected chi connectivity index (χ1v) is 11.7. The summed E-state index contributed by atoms with van der Waals surface area (Å²) in [5.74, 6) is -0.420. The molecule has 0 bridgehead atoms. The van der Waals surface area contributed by atoms with E-state index in [-0.39, 0.29) is 18.9 Å². The van der Waals surface area contributed by atoms with Crippen LogP contribution in [0.2, 0.25) is 0 Å². The lowest BCUT2D eigenvalue weighted by Gasteiger charge is -2.42. The first-order chi connectivity index (χ1) is 16.9. The van der Waals surface area contributed by atoms with Crippen molar-refractivity contribution in [1.29, 1.82) is 0 Å². The molecule has 0 aliphatic carbocycles. The second-order valence-corrected chi connectivity index (χ2v) is 9.02. The minimum absolute atomic E-state index is 0.0226. The molecule has 35 heavy (non-hydrogen) atoms. The van der Waals surface area contributed by atoms with Gasteiger partial charge in [-0.3, -0.25) is 9.69 Å². The number of anilines is 1. The number of β-amino-alcohol motifs (C(OH)–C–C–N with tert-alkyl or cyclic N) is 1. The predicted molar refractivity (Wildman–Crippen MR) is 134 cm³/mol. The molecule has 3 N–H and O–H groups in total. The van der Waals surface area contributed by atoms with Crippen molar-refractivity contribution >= 4 is 33.3 Å². The third kappa shape index (κ3) is 4.67. The number of phenolic OH excluding ortho intramolecular Hbond substituents is 1. The number of para-hydroxylation sites is 1. The number of carbonyl (C=O) groups is 1. The smallest absolute Gasteiger partial charge is 0.166 e. The number of aromatic amines is 1. The van der Waals surface area contributed by atoms with Gasteiger partial charge in [-0.1, -0.05) is 24.3 Å². The first-order valence-electron chi connectivity index (χ1n) is 11.7. The molecule has 5 rings (SSSR count). The molecule has 1 aliphatic rings. The second kappa shape index (κ2) is 9.56. The van der Waals surface area contributed by atoms with E-state index in [9.17, 15) is 19.4 Å². The highest BCUT2D eigenvalue weighted by Gasteiger charge is 2.32. The molecule has 1 fully saturated rings. The Labute approximate surface area is 202 Å². The van der Waals surface area contributed by atoms with Crippen molar-refractivity contribution in [2.75, 3.05) is 37.7 Å². The number of Topliss-reactive ketones (excluding diaryl/α,β-unsaturated/α-hetero) is 1. The van der Waals surface area contributed by atoms with Gasteiger partial charge >= 0.3 is 0 Å². The van der Waals surface area contributed by atoms with E-state index in [1.165, 1.54) is 19.1 Å². The number of benzene rings is 3. The summed E-state index contributed by atoms with van der Waals surface area (Å²) in [6, 6.07) is 17.6. The predicted octanol–water partition coefficient (Wildman–Crippen LogP) is 3.69. The summed E-state index contributed by atoms with van der Waals surface area (Å²) < 4.78 is 19.9. The molecule has 1 aliphatic heterocycles. The van der Waals surface area contributed by atoms with Crippen LogP contribution in [0.4, 0.5) is 10.1 Å². The van der Waals surface area contributed by atoms with E-state index in [1.807, 2.05) is 52.3 Å². The van der Waals surface area contributed by atoms with Crippen molar-refractivity contribution in [1.82, 2.24) is 9.88 Å². The summed E-state index contributed by atoms with van der Waals surface area (Å²) in [7, 11) is 0. The third-order valence-electron chi connectivity index (χ3n) is 6.63. The molecule has 0 radical (unpaired) electrons. The van der Waals surface area contributed by atoms with Gasteiger partial charge < -0.3 is 24.8 Å². The van der Waals surface area contributed by atoms with E-state index in [4.69, 9.17) is 4.74 Å². The number of rotatable bonds is 7. The van der Waals surface area contributed by atoms with Crippen LogP contribution in [0, 0.1) is 5.82 Å². The molecule has 8 heteroatoms. The van der Waals surface area contributed by atoms with Crippen LogP contribution in [0.1, 0.15) is 6.92 Å². The maximum absolute atomic E-state index is 13.8. The zero-order chi connectivity index (χ0) is 24.5. The van der Waals surface area contributed by atoms with E-state index in [0.29, 0.717) is 31.1 Å². The molecule has 1 saturated heterocycles. The van der Waals surface area contributed by atoms with Gasteiger partial charge in [-0.15, -0.1) is 0 Å². The topological polar surface area (TPSA) is 89.0 Å². The molecule has 0 spiro atoms. The number of ether oxygens (including phenoxy) is 1. The van der Waals surface area contributed by atoms with Gasteiger partial charge in [0, 0.05) is 54.2 Å². The Morgan fingerprint density at radius 2 is 1.94 bits per heavy atom. The Bertz CT molecular complexity index is 1370. The van der Waals surface area contributed by atoms with Gasteiger partial charge in [-0.25, -0.2) is 4.39 Å². The first kappa shape index (κ1) is 23.1. The number of aliphatic hydroxyl groups is 1. The molecule has 0 amide bonds. The lowest BCUT2D eigenvalue weighted by Crippen LogP contribution is -2.58. The average molecular weight is 478 g/mol. The van der Waals surface area contributed by atoms with Gasteiger partial charge in [0.2, 0.25) is 0 Å². The summed E-state index contributed by atoms with van der Waals surface area (Å²) in [4.78, 5) is 19.7. The number of fused-ring (bicyclic) bond motifs is 3. The SMILES string of the molecule is CC(=O)C1CN(c2ccc(O)c(F)c2)CCN1CC(O)COc1cccc2[nH]c3ccccc3c12. The summed E-state index contributed by atoms with van der Waals surface area (Å²) in [6.07, 6.45) is -0.796. The van der Waals surface area contributed by atoms with Crippen LogP contribution in [0.15, 0.2) is 60.7 Å². The van der Waals surface area contributed by atoms with E-state index in [2.05, 4.69) is 4.98 Å². The molecule has 4 aromatic rings.